The van der Waals surface area contributed by atoms with Crippen LogP contribution in [0.5, 0.6) is 0 Å². The van der Waals surface area contributed by atoms with Crippen LogP contribution in [0.1, 0.15) is 52.4 Å². The third-order valence-electron chi connectivity index (χ3n) is 4.80. The Bertz CT molecular complexity index is 349. The molecular formula is C14H23NO3. The molecule has 2 unspecified atom stereocenters. The Morgan fingerprint density at radius 2 is 1.94 bits per heavy atom. The quantitative estimate of drug-likeness (QED) is 0.776. The number of hydrogen-bond acceptors (Lipinski definition) is 3. The van der Waals surface area contributed by atoms with Crippen LogP contribution in [0.15, 0.2) is 0 Å². The second-order valence-corrected chi connectivity index (χ2v) is 5.81. The van der Waals surface area contributed by atoms with Gasteiger partial charge in [0.05, 0.1) is 11.5 Å². The summed E-state index contributed by atoms with van der Waals surface area (Å²) in [6.07, 6.45) is 4.04. The maximum absolute atomic E-state index is 12.4. The molecule has 2 amide bonds. The first-order chi connectivity index (χ1) is 8.52. The van der Waals surface area contributed by atoms with Crippen LogP contribution >= 0.6 is 0 Å². The molecule has 1 saturated heterocycles. The minimum atomic E-state index is -0.450. The van der Waals surface area contributed by atoms with Gasteiger partial charge >= 0.3 is 0 Å². The minimum absolute atomic E-state index is 0.0129. The van der Waals surface area contributed by atoms with Gasteiger partial charge in [-0.15, -0.1) is 0 Å². The predicted molar refractivity (Wildman–Crippen MR) is 67.7 cm³/mol. The van der Waals surface area contributed by atoms with E-state index in [0.29, 0.717) is 13.0 Å². The molecule has 1 saturated carbocycles. The summed E-state index contributed by atoms with van der Waals surface area (Å²) in [6.45, 7) is 4.48. The molecule has 0 aromatic carbocycles. The molecule has 102 valence electrons. The molecule has 4 heteroatoms. The summed E-state index contributed by atoms with van der Waals surface area (Å²) in [5.74, 6) is 0.279. The molecule has 1 aliphatic heterocycles. The summed E-state index contributed by atoms with van der Waals surface area (Å²) < 4.78 is 0. The van der Waals surface area contributed by atoms with Crippen molar-refractivity contribution in [2.24, 2.45) is 11.3 Å². The number of aliphatic hydroxyl groups excluding tert-OH is 1. The molecule has 0 aromatic heterocycles. The highest BCUT2D eigenvalue weighted by Crippen LogP contribution is 2.40. The van der Waals surface area contributed by atoms with Gasteiger partial charge in [-0.1, -0.05) is 13.8 Å². The summed E-state index contributed by atoms with van der Waals surface area (Å²) in [7, 11) is 0. The molecule has 0 spiro atoms. The van der Waals surface area contributed by atoms with Crippen LogP contribution in [-0.2, 0) is 9.59 Å². The fourth-order valence-electron chi connectivity index (χ4n) is 3.32. The van der Waals surface area contributed by atoms with Crippen molar-refractivity contribution in [3.63, 3.8) is 0 Å². The Balaban J connectivity index is 2.05. The molecule has 0 bridgehead atoms. The van der Waals surface area contributed by atoms with Crippen molar-refractivity contribution in [3.8, 4) is 0 Å². The number of nitrogens with zero attached hydrogens (tertiary/aromatic N) is 1. The zero-order chi connectivity index (χ0) is 13.3. The van der Waals surface area contributed by atoms with E-state index in [1.807, 2.05) is 13.8 Å². The molecule has 2 fully saturated rings. The van der Waals surface area contributed by atoms with Crippen LogP contribution in [-0.4, -0.2) is 34.5 Å². The van der Waals surface area contributed by atoms with Crippen LogP contribution < -0.4 is 0 Å². The fourth-order valence-corrected chi connectivity index (χ4v) is 3.32. The number of carbonyl (C=O) groups is 2. The van der Waals surface area contributed by atoms with E-state index in [1.54, 1.807) is 0 Å². The van der Waals surface area contributed by atoms with Gasteiger partial charge < -0.3 is 5.11 Å². The van der Waals surface area contributed by atoms with Crippen molar-refractivity contribution in [2.75, 3.05) is 6.54 Å². The Labute approximate surface area is 108 Å². The van der Waals surface area contributed by atoms with E-state index in [-0.39, 0.29) is 23.8 Å². The zero-order valence-corrected chi connectivity index (χ0v) is 11.3. The second kappa shape index (κ2) is 5.00. The number of rotatable bonds is 4. The number of likely N-dealkylation sites (tertiary alicyclic amines) is 1. The van der Waals surface area contributed by atoms with Gasteiger partial charge in [-0.05, 0) is 38.0 Å². The largest absolute Gasteiger partial charge is 0.393 e. The van der Waals surface area contributed by atoms with Gasteiger partial charge in [0.25, 0.3) is 0 Å². The van der Waals surface area contributed by atoms with Gasteiger partial charge in [0.1, 0.15) is 0 Å². The molecule has 0 radical (unpaired) electrons. The van der Waals surface area contributed by atoms with Crippen LogP contribution in [0.25, 0.3) is 0 Å². The van der Waals surface area contributed by atoms with Crippen molar-refractivity contribution >= 4 is 11.8 Å². The lowest BCUT2D eigenvalue weighted by molar-refractivity contribution is -0.142. The van der Waals surface area contributed by atoms with Gasteiger partial charge in [-0.25, -0.2) is 0 Å². The molecule has 1 aliphatic carbocycles. The second-order valence-electron chi connectivity index (χ2n) is 5.81. The van der Waals surface area contributed by atoms with E-state index in [9.17, 15) is 14.7 Å². The smallest absolute Gasteiger partial charge is 0.235 e. The van der Waals surface area contributed by atoms with E-state index in [4.69, 9.17) is 0 Å². The molecule has 18 heavy (non-hydrogen) atoms. The van der Waals surface area contributed by atoms with E-state index < -0.39 is 5.41 Å². The van der Waals surface area contributed by atoms with Crippen LogP contribution in [0, 0.1) is 11.3 Å². The summed E-state index contributed by atoms with van der Waals surface area (Å²) in [5.41, 5.74) is -0.450. The minimum Gasteiger partial charge on any atom is -0.393 e. The fraction of sp³-hybridized carbons (Fsp3) is 0.857. The van der Waals surface area contributed by atoms with Gasteiger partial charge in [-0.3, -0.25) is 14.5 Å². The summed E-state index contributed by atoms with van der Waals surface area (Å²) >= 11 is 0. The molecule has 4 nitrogen and oxygen atoms in total. The number of hydrogen-bond donors (Lipinski definition) is 1. The van der Waals surface area contributed by atoms with Crippen molar-refractivity contribution in [1.29, 1.82) is 0 Å². The molecule has 1 N–H and O–H groups in total. The Morgan fingerprint density at radius 3 is 2.39 bits per heavy atom. The van der Waals surface area contributed by atoms with Gasteiger partial charge in [0, 0.05) is 13.0 Å². The normalized spacial score (nSPS) is 31.4. The SMILES string of the molecule is CCC1(CC)CC(=O)N(CC2CCC(O)C2)C1=O. The van der Waals surface area contributed by atoms with Crippen molar-refractivity contribution in [3.05, 3.63) is 0 Å². The summed E-state index contributed by atoms with van der Waals surface area (Å²) in [4.78, 5) is 25.9. The monoisotopic (exact) mass is 253 g/mol. The highest BCUT2D eigenvalue weighted by atomic mass is 16.3. The highest BCUT2D eigenvalue weighted by molar-refractivity contribution is 6.05. The lowest BCUT2D eigenvalue weighted by atomic mass is 9.81. The Morgan fingerprint density at radius 1 is 1.28 bits per heavy atom. The Hall–Kier alpha value is -0.900. The van der Waals surface area contributed by atoms with Crippen molar-refractivity contribution < 1.29 is 14.7 Å². The number of aliphatic hydroxyl groups is 1. The molecular weight excluding hydrogens is 230 g/mol. The highest BCUT2D eigenvalue weighted by Gasteiger charge is 2.49. The molecule has 2 aliphatic rings. The van der Waals surface area contributed by atoms with Crippen molar-refractivity contribution in [1.82, 2.24) is 4.90 Å². The topological polar surface area (TPSA) is 57.6 Å². The lowest BCUT2D eigenvalue weighted by Crippen LogP contribution is -2.38. The molecule has 2 rings (SSSR count). The van der Waals surface area contributed by atoms with E-state index in [0.717, 1.165) is 32.1 Å². The van der Waals surface area contributed by atoms with Crippen LogP contribution in [0.4, 0.5) is 0 Å². The van der Waals surface area contributed by atoms with Gasteiger partial charge in [0.2, 0.25) is 11.8 Å². The zero-order valence-electron chi connectivity index (χ0n) is 11.3. The lowest BCUT2D eigenvalue weighted by Gasteiger charge is -2.25. The van der Waals surface area contributed by atoms with E-state index in [2.05, 4.69) is 0 Å². The van der Waals surface area contributed by atoms with Crippen LogP contribution in [0.2, 0.25) is 0 Å². The average molecular weight is 253 g/mol. The first kappa shape index (κ1) is 13.5. The summed E-state index contributed by atoms with van der Waals surface area (Å²) in [5, 5.41) is 9.51. The summed E-state index contributed by atoms with van der Waals surface area (Å²) in [6, 6.07) is 0. The first-order valence-corrected chi connectivity index (χ1v) is 7.05. The standard InChI is InChI=1S/C14H23NO3/c1-3-14(4-2)8-12(17)15(13(14)18)9-10-5-6-11(16)7-10/h10-11,16H,3-9H2,1-2H3. The number of imide groups is 1. The van der Waals surface area contributed by atoms with E-state index >= 15 is 0 Å². The third-order valence-corrected chi connectivity index (χ3v) is 4.80. The third kappa shape index (κ3) is 2.18. The first-order valence-electron chi connectivity index (χ1n) is 7.05. The number of carbonyl (C=O) groups excluding carboxylic acids is 2. The van der Waals surface area contributed by atoms with Crippen LogP contribution in [0.3, 0.4) is 0 Å². The predicted octanol–water partition coefficient (Wildman–Crippen LogP) is 1.71. The Kier molecular flexibility index (Phi) is 3.76. The average Bonchev–Trinajstić information content (AvgIpc) is 2.86. The van der Waals surface area contributed by atoms with Gasteiger partial charge in [0.15, 0.2) is 0 Å². The van der Waals surface area contributed by atoms with E-state index in [1.165, 1.54) is 4.90 Å². The molecule has 2 atom stereocenters. The molecule has 0 aromatic rings. The van der Waals surface area contributed by atoms with Gasteiger partial charge in [-0.2, -0.15) is 0 Å². The maximum Gasteiger partial charge on any atom is 0.235 e. The maximum atomic E-state index is 12.4. The molecule has 1 heterocycles. The van der Waals surface area contributed by atoms with Crippen molar-refractivity contribution in [2.45, 2.75) is 58.5 Å². The number of amides is 2.